The molecule has 1 fully saturated rings. The van der Waals surface area contributed by atoms with Crippen LogP contribution >= 0.6 is 0 Å². The summed E-state index contributed by atoms with van der Waals surface area (Å²) in [5.41, 5.74) is 1.11. The molecule has 1 aromatic heterocycles. The summed E-state index contributed by atoms with van der Waals surface area (Å²) in [6, 6.07) is 6.17. The summed E-state index contributed by atoms with van der Waals surface area (Å²) < 4.78 is 0. The highest BCUT2D eigenvalue weighted by atomic mass is 15.2. The maximum absolute atomic E-state index is 4.42. The van der Waals surface area contributed by atoms with E-state index in [0.717, 1.165) is 11.5 Å². The molecule has 0 amide bonds. The molecular formula is C9H15N3. The molecule has 1 aliphatic rings. The van der Waals surface area contributed by atoms with Crippen molar-refractivity contribution >= 4 is 5.82 Å². The maximum atomic E-state index is 4.42. The lowest BCUT2D eigenvalue weighted by atomic mass is 10.2. The summed E-state index contributed by atoms with van der Waals surface area (Å²) in [6.45, 7) is 4.39. The van der Waals surface area contributed by atoms with Crippen LogP contribution in [0, 0.1) is 6.92 Å². The average molecular weight is 165 g/mol. The van der Waals surface area contributed by atoms with Crippen LogP contribution in [0.5, 0.6) is 0 Å². The van der Waals surface area contributed by atoms with Crippen molar-refractivity contribution in [1.82, 2.24) is 11.1 Å². The van der Waals surface area contributed by atoms with Gasteiger partial charge in [-0.2, -0.15) is 0 Å². The molecule has 66 valence electrons. The lowest BCUT2D eigenvalue weighted by molar-refractivity contribution is 0.609. The molecule has 1 saturated heterocycles. The Morgan fingerprint density at radius 2 is 2.08 bits per heavy atom. The van der Waals surface area contributed by atoms with Crippen molar-refractivity contribution in [3.05, 3.63) is 23.9 Å². The second kappa shape index (κ2) is 3.54. The molecule has 0 spiro atoms. The van der Waals surface area contributed by atoms with Crippen LogP contribution in [0.3, 0.4) is 0 Å². The van der Waals surface area contributed by atoms with Gasteiger partial charge in [0, 0.05) is 18.8 Å². The molecule has 2 rings (SSSR count). The predicted octanol–water partition coefficient (Wildman–Crippen LogP) is 1.76. The van der Waals surface area contributed by atoms with Gasteiger partial charge in [0.25, 0.3) is 0 Å². The Bertz CT molecular complexity index is 256. The molecule has 1 aromatic rings. The number of aromatic nitrogens is 1. The molecule has 3 heteroatoms. The van der Waals surface area contributed by atoms with Gasteiger partial charge in [0.2, 0.25) is 0 Å². The third kappa shape index (κ3) is 1.56. The van der Waals surface area contributed by atoms with Crippen LogP contribution in [-0.4, -0.2) is 18.1 Å². The van der Waals surface area contributed by atoms with Crippen molar-refractivity contribution in [3.8, 4) is 0 Å². The van der Waals surface area contributed by atoms with Gasteiger partial charge in [0.15, 0.2) is 0 Å². The smallest absolute Gasteiger partial charge is 0.128 e. The maximum Gasteiger partial charge on any atom is 0.128 e. The van der Waals surface area contributed by atoms with Crippen molar-refractivity contribution in [1.29, 1.82) is 0 Å². The van der Waals surface area contributed by atoms with Crippen LogP contribution in [0.25, 0.3) is 0 Å². The fourth-order valence-corrected chi connectivity index (χ4v) is 1.25. The van der Waals surface area contributed by atoms with Crippen LogP contribution < -0.4 is 11.1 Å². The van der Waals surface area contributed by atoms with Gasteiger partial charge in [-0.15, -0.1) is 0 Å². The largest absolute Gasteiger partial charge is 0.356 e. The lowest BCUT2D eigenvalue weighted by Crippen LogP contribution is -2.37. The van der Waals surface area contributed by atoms with E-state index in [1.54, 1.807) is 0 Å². The molecule has 0 bridgehead atoms. The normalized spacial score (nSPS) is 14.9. The van der Waals surface area contributed by atoms with Crippen LogP contribution in [0.15, 0.2) is 18.2 Å². The molecule has 0 unspecified atom stereocenters. The number of hydrogen-bond acceptors (Lipinski definition) is 3. The van der Waals surface area contributed by atoms with E-state index < -0.39 is 0 Å². The standard InChI is InChI=1S/C9H12N2.H3N/c1-8-4-2-5-9(10-8)11-6-3-7-11;/h2,4-5H,3,6-7H2,1H3;1H3. The Labute approximate surface area is 73.0 Å². The average Bonchev–Trinajstić information content (AvgIpc) is 1.83. The minimum absolute atomic E-state index is 0. The number of pyridine rings is 1. The topological polar surface area (TPSA) is 51.1 Å². The zero-order valence-electron chi connectivity index (χ0n) is 7.45. The first-order chi connectivity index (χ1) is 5.36. The third-order valence-corrected chi connectivity index (χ3v) is 2.05. The first kappa shape index (κ1) is 9.00. The molecule has 12 heavy (non-hydrogen) atoms. The minimum Gasteiger partial charge on any atom is -0.356 e. The summed E-state index contributed by atoms with van der Waals surface area (Å²) in [7, 11) is 0. The molecule has 3 N–H and O–H groups in total. The predicted molar refractivity (Wildman–Crippen MR) is 50.8 cm³/mol. The van der Waals surface area contributed by atoms with Crippen LogP contribution in [0.4, 0.5) is 5.82 Å². The zero-order chi connectivity index (χ0) is 7.68. The van der Waals surface area contributed by atoms with E-state index in [9.17, 15) is 0 Å². The Kier molecular flexibility index (Phi) is 2.65. The summed E-state index contributed by atoms with van der Waals surface area (Å²) in [5, 5.41) is 0. The number of aryl methyl sites for hydroxylation is 1. The van der Waals surface area contributed by atoms with Gasteiger partial charge >= 0.3 is 0 Å². The molecular weight excluding hydrogens is 150 g/mol. The lowest BCUT2D eigenvalue weighted by Gasteiger charge is -2.32. The molecule has 3 nitrogen and oxygen atoms in total. The molecule has 0 aromatic carbocycles. The zero-order valence-corrected chi connectivity index (χ0v) is 7.45. The van der Waals surface area contributed by atoms with E-state index in [-0.39, 0.29) is 6.15 Å². The van der Waals surface area contributed by atoms with Crippen molar-refractivity contribution in [3.63, 3.8) is 0 Å². The van der Waals surface area contributed by atoms with Gasteiger partial charge in [-0.25, -0.2) is 4.98 Å². The van der Waals surface area contributed by atoms with Gasteiger partial charge in [0.1, 0.15) is 5.82 Å². The van der Waals surface area contributed by atoms with Crippen LogP contribution in [0.1, 0.15) is 12.1 Å². The van der Waals surface area contributed by atoms with Gasteiger partial charge < -0.3 is 11.1 Å². The Balaban J connectivity index is 0.000000720. The summed E-state index contributed by atoms with van der Waals surface area (Å²) in [6.07, 6.45) is 1.32. The Morgan fingerprint density at radius 1 is 1.33 bits per heavy atom. The van der Waals surface area contributed by atoms with Crippen molar-refractivity contribution in [2.24, 2.45) is 0 Å². The Hall–Kier alpha value is -1.09. The molecule has 2 heterocycles. The molecule has 0 atom stereocenters. The highest BCUT2D eigenvalue weighted by Gasteiger charge is 2.14. The van der Waals surface area contributed by atoms with E-state index in [4.69, 9.17) is 0 Å². The second-order valence-electron chi connectivity index (χ2n) is 2.98. The fraction of sp³-hybridized carbons (Fsp3) is 0.444. The Morgan fingerprint density at radius 3 is 2.58 bits per heavy atom. The minimum atomic E-state index is 0. The number of nitrogens with zero attached hydrogens (tertiary/aromatic N) is 2. The quantitative estimate of drug-likeness (QED) is 0.689. The van der Waals surface area contributed by atoms with E-state index >= 15 is 0 Å². The first-order valence-electron chi connectivity index (χ1n) is 4.05. The number of rotatable bonds is 1. The summed E-state index contributed by atoms with van der Waals surface area (Å²) in [4.78, 5) is 6.72. The number of hydrogen-bond donors (Lipinski definition) is 1. The number of anilines is 1. The highest BCUT2D eigenvalue weighted by molar-refractivity contribution is 5.41. The first-order valence-corrected chi connectivity index (χ1v) is 4.05. The van der Waals surface area contributed by atoms with Gasteiger partial charge in [-0.1, -0.05) is 6.07 Å². The van der Waals surface area contributed by atoms with Crippen molar-refractivity contribution in [2.45, 2.75) is 13.3 Å². The second-order valence-corrected chi connectivity index (χ2v) is 2.98. The van der Waals surface area contributed by atoms with Gasteiger partial charge in [-0.05, 0) is 25.5 Å². The molecule has 0 radical (unpaired) electrons. The van der Waals surface area contributed by atoms with E-state index in [1.807, 2.05) is 13.0 Å². The van der Waals surface area contributed by atoms with E-state index in [2.05, 4.69) is 22.0 Å². The van der Waals surface area contributed by atoms with Crippen LogP contribution in [-0.2, 0) is 0 Å². The highest BCUT2D eigenvalue weighted by Crippen LogP contribution is 2.17. The van der Waals surface area contributed by atoms with Crippen molar-refractivity contribution in [2.75, 3.05) is 18.0 Å². The van der Waals surface area contributed by atoms with E-state index in [1.165, 1.54) is 19.5 Å². The molecule has 1 aliphatic heterocycles. The molecule has 0 saturated carbocycles. The van der Waals surface area contributed by atoms with Crippen molar-refractivity contribution < 1.29 is 0 Å². The van der Waals surface area contributed by atoms with E-state index in [0.29, 0.717) is 0 Å². The third-order valence-electron chi connectivity index (χ3n) is 2.05. The molecule has 0 aliphatic carbocycles. The van der Waals surface area contributed by atoms with Gasteiger partial charge in [-0.3, -0.25) is 0 Å². The summed E-state index contributed by atoms with van der Waals surface area (Å²) in [5.74, 6) is 1.14. The SMILES string of the molecule is Cc1cccc(N2CCC2)n1.N. The fourth-order valence-electron chi connectivity index (χ4n) is 1.25. The van der Waals surface area contributed by atoms with Crippen LogP contribution in [0.2, 0.25) is 0 Å². The van der Waals surface area contributed by atoms with Gasteiger partial charge in [0.05, 0.1) is 0 Å². The monoisotopic (exact) mass is 165 g/mol. The summed E-state index contributed by atoms with van der Waals surface area (Å²) >= 11 is 0.